The van der Waals surface area contributed by atoms with Gasteiger partial charge in [-0.1, -0.05) is 0 Å². The maximum absolute atomic E-state index is 2.12. The lowest BCUT2D eigenvalue weighted by molar-refractivity contribution is 2.33. The van der Waals surface area contributed by atoms with Crippen LogP contribution in [-0.4, -0.2) is 5.08 Å². The first-order valence-electron chi connectivity index (χ1n) is 3.93. The fourth-order valence-electron chi connectivity index (χ4n) is 0.517. The Morgan fingerprint density at radius 1 is 0.800 bits per heavy atom. The molecule has 15 heavy (non-hydrogen) atoms. The molecule has 0 unspecified atom stereocenters. The lowest BCUT2D eigenvalue weighted by atomic mass is 11.2. The Balaban J connectivity index is 0.000000112. The zero-order chi connectivity index (χ0) is 10.6. The smallest absolute Gasteiger partial charge is 0.122 e. The minimum atomic E-state index is 1.22. The fourth-order valence-corrected chi connectivity index (χ4v) is 4.65. The summed E-state index contributed by atoms with van der Waals surface area (Å²) >= 11 is 10.6. The average Bonchev–Trinajstić information content (AvgIpc) is 3.09. The number of hydrogen-bond donors (Lipinski definition) is 0. The second kappa shape index (κ2) is 11.0. The molecule has 0 radical (unpaired) electrons. The van der Waals surface area contributed by atoms with Crippen molar-refractivity contribution in [2.24, 2.45) is 0 Å². The molecule has 0 nitrogen and oxygen atoms in total. The van der Waals surface area contributed by atoms with E-state index in [2.05, 4.69) is 41.7 Å². The molecule has 0 fully saturated rings. The molecule has 0 amide bonds. The van der Waals surface area contributed by atoms with E-state index in [1.54, 1.807) is 45.3 Å². The van der Waals surface area contributed by atoms with Crippen LogP contribution in [0.4, 0.5) is 0 Å². The molecule has 0 aromatic carbocycles. The topological polar surface area (TPSA) is 0 Å². The number of rotatable bonds is 0. The van der Waals surface area contributed by atoms with E-state index in [0.29, 0.717) is 0 Å². The molecule has 0 N–H and O–H groups in total. The van der Waals surface area contributed by atoms with Gasteiger partial charge in [-0.05, 0) is 10.8 Å². The van der Waals surface area contributed by atoms with Crippen LogP contribution in [-0.2, 0) is 0 Å². The summed E-state index contributed by atoms with van der Waals surface area (Å²) in [6.07, 6.45) is 0. The summed E-state index contributed by atoms with van der Waals surface area (Å²) in [5.74, 6) is 0. The van der Waals surface area contributed by atoms with Crippen LogP contribution in [0.2, 0.25) is 0 Å². The predicted octanol–water partition coefficient (Wildman–Crippen LogP) is 6.08. The van der Waals surface area contributed by atoms with E-state index in [1.807, 2.05) is 23.5 Å². The molecule has 0 saturated carbocycles. The van der Waals surface area contributed by atoms with Crippen LogP contribution in [0.5, 0.6) is 0 Å². The molecule has 1 aliphatic rings. The van der Waals surface area contributed by atoms with Crippen LogP contribution < -0.4 is 0 Å². The highest BCUT2D eigenvalue weighted by molar-refractivity contribution is 8.21. The normalized spacial score (nSPS) is 12.3. The van der Waals surface area contributed by atoms with Crippen LogP contribution in [0.3, 0.4) is 0 Å². The third-order valence-corrected chi connectivity index (χ3v) is 6.24. The largest absolute Gasteiger partial charge is 0.242 e. The van der Waals surface area contributed by atoms with Gasteiger partial charge in [0.05, 0.1) is 45.3 Å². The summed E-state index contributed by atoms with van der Waals surface area (Å²) in [6, 6.07) is 0. The van der Waals surface area contributed by atoms with E-state index in [1.165, 1.54) is 5.08 Å². The lowest BCUT2D eigenvalue weighted by Gasteiger charge is -1.69. The van der Waals surface area contributed by atoms with Gasteiger partial charge in [-0.25, -0.2) is 0 Å². The quantitative estimate of drug-likeness (QED) is 0.541. The van der Waals surface area contributed by atoms with Gasteiger partial charge in [-0.3, -0.25) is 0 Å². The summed E-state index contributed by atoms with van der Waals surface area (Å²) in [5, 5.41) is 13.7. The Labute approximate surface area is 115 Å². The minimum absolute atomic E-state index is 1.22. The van der Waals surface area contributed by atoms with Crippen molar-refractivity contribution in [1.82, 2.24) is 0 Å². The molecule has 0 aliphatic carbocycles. The molecule has 3 rings (SSSR count). The summed E-state index contributed by atoms with van der Waals surface area (Å²) in [4.78, 5) is 0. The van der Waals surface area contributed by atoms with Gasteiger partial charge in [0.2, 0.25) is 9.39 Å². The number of hydrogen-bond acceptors (Lipinski definition) is 4. The van der Waals surface area contributed by atoms with Crippen LogP contribution in [0.1, 0.15) is 0 Å². The van der Waals surface area contributed by atoms with E-state index in [9.17, 15) is 0 Å². The van der Waals surface area contributed by atoms with Crippen molar-refractivity contribution in [3.63, 3.8) is 0 Å². The Morgan fingerprint density at radius 2 is 1.33 bits per heavy atom. The van der Waals surface area contributed by atoms with Crippen molar-refractivity contribution in [2.45, 2.75) is 0 Å². The van der Waals surface area contributed by atoms with Crippen molar-refractivity contribution < 1.29 is 0 Å². The van der Waals surface area contributed by atoms with Crippen LogP contribution in [0.15, 0.2) is 41.7 Å². The zero-order valence-corrected chi connectivity index (χ0v) is 12.7. The number of thioether (sulfide) groups is 2. The lowest BCUT2D eigenvalue weighted by Crippen LogP contribution is -1.42. The van der Waals surface area contributed by atoms with Gasteiger partial charge in [-0.2, -0.15) is 0 Å². The van der Waals surface area contributed by atoms with Crippen LogP contribution in [0.25, 0.3) is 0 Å². The molecular weight excluding hydrogens is 301 g/mol. The third-order valence-electron chi connectivity index (χ3n) is 1.03. The van der Waals surface area contributed by atoms with E-state index >= 15 is 0 Å². The molecular formula is C9H10S6+2. The van der Waals surface area contributed by atoms with Crippen molar-refractivity contribution in [2.75, 3.05) is 5.08 Å². The Bertz CT molecular complexity index is 246. The summed E-state index contributed by atoms with van der Waals surface area (Å²) < 4.78 is 4.17. The second-order valence-corrected chi connectivity index (χ2v) is 7.88. The van der Waals surface area contributed by atoms with E-state index in [0.717, 1.165) is 0 Å². The average molecular weight is 311 g/mol. The Morgan fingerprint density at radius 3 is 1.47 bits per heavy atom. The van der Waals surface area contributed by atoms with Gasteiger partial charge in [0.15, 0.2) is 0 Å². The van der Waals surface area contributed by atoms with E-state index in [-0.39, 0.29) is 0 Å². The fraction of sp³-hybridized carbons (Fsp3) is 0.111. The van der Waals surface area contributed by atoms with Gasteiger partial charge < -0.3 is 0 Å². The second-order valence-electron chi connectivity index (χ2n) is 2.00. The van der Waals surface area contributed by atoms with Crippen LogP contribution in [0, 0.1) is 0 Å². The van der Waals surface area contributed by atoms with Gasteiger partial charge in [0.25, 0.3) is 0 Å². The summed E-state index contributed by atoms with van der Waals surface area (Å²) in [5.41, 5.74) is 0. The molecule has 1 aliphatic heterocycles. The van der Waals surface area contributed by atoms with E-state index < -0.39 is 0 Å². The third kappa shape index (κ3) is 9.47. The first-order valence-corrected chi connectivity index (χ1v) is 9.80. The minimum Gasteiger partial charge on any atom is -0.122 e. The van der Waals surface area contributed by atoms with Gasteiger partial charge in [0, 0.05) is 5.08 Å². The Hall–Kier alpha value is 0.540. The maximum atomic E-state index is 2.12. The Kier molecular flexibility index (Phi) is 10.0. The molecule has 2 aromatic rings. The maximum Gasteiger partial charge on any atom is 0.242 e. The van der Waals surface area contributed by atoms with Crippen molar-refractivity contribution in [3.05, 3.63) is 41.7 Å². The first-order chi connectivity index (χ1) is 7.50. The van der Waals surface area contributed by atoms with Gasteiger partial charge >= 0.3 is 0 Å². The first kappa shape index (κ1) is 13.6. The highest BCUT2D eigenvalue weighted by atomic mass is 32.2. The highest BCUT2D eigenvalue weighted by Crippen LogP contribution is 2.22. The molecule has 3 heterocycles. The molecule has 2 aromatic heterocycles. The van der Waals surface area contributed by atoms with Gasteiger partial charge in [-0.15, -0.1) is 23.5 Å². The van der Waals surface area contributed by atoms with Crippen molar-refractivity contribution >= 4 is 68.9 Å². The monoisotopic (exact) mass is 310 g/mol. The SMILES string of the molecule is C1=CSCS1.c1c[s+]cs1.c1c[s+]cs1. The van der Waals surface area contributed by atoms with Crippen molar-refractivity contribution in [3.8, 4) is 0 Å². The molecule has 6 heteroatoms. The molecule has 0 atom stereocenters. The zero-order valence-electron chi connectivity index (χ0n) is 7.78. The van der Waals surface area contributed by atoms with Crippen molar-refractivity contribution in [1.29, 1.82) is 0 Å². The molecule has 0 spiro atoms. The standard InChI is InChI=1S/C3H4S2.2C3H3S2/c3*1-2-5-3-4-1/h1-2H,3H2;2*1-3H/q;2*+1. The molecule has 0 bridgehead atoms. The summed E-state index contributed by atoms with van der Waals surface area (Å²) in [6.45, 7) is 0. The summed E-state index contributed by atoms with van der Waals surface area (Å²) in [7, 11) is 0. The van der Waals surface area contributed by atoms with Gasteiger partial charge in [0.1, 0.15) is 21.5 Å². The predicted molar refractivity (Wildman–Crippen MR) is 82.4 cm³/mol. The molecule has 0 saturated heterocycles. The highest BCUT2D eigenvalue weighted by Gasteiger charge is 1.85. The molecule has 80 valence electrons. The van der Waals surface area contributed by atoms with E-state index in [4.69, 9.17) is 0 Å². The van der Waals surface area contributed by atoms with Crippen LogP contribution >= 0.6 is 68.9 Å².